The summed E-state index contributed by atoms with van der Waals surface area (Å²) in [5.74, 6) is -0.164. The van der Waals surface area contributed by atoms with Crippen LogP contribution in [0.3, 0.4) is 0 Å². The van der Waals surface area contributed by atoms with Crippen LogP contribution in [-0.2, 0) is 0 Å². The molecule has 104 valence electrons. The number of amides is 1. The van der Waals surface area contributed by atoms with Crippen molar-refractivity contribution in [2.45, 2.75) is 20.3 Å². The summed E-state index contributed by atoms with van der Waals surface area (Å²) < 4.78 is 0. The highest BCUT2D eigenvalue weighted by Gasteiger charge is 2.18. The van der Waals surface area contributed by atoms with Crippen LogP contribution >= 0.6 is 0 Å². The molecule has 0 saturated heterocycles. The van der Waals surface area contributed by atoms with Crippen molar-refractivity contribution in [3.63, 3.8) is 0 Å². The van der Waals surface area contributed by atoms with Crippen molar-refractivity contribution in [1.29, 1.82) is 0 Å². The van der Waals surface area contributed by atoms with Gasteiger partial charge in [0.05, 0.1) is 4.92 Å². The largest absolute Gasteiger partial charge is 0.396 e. The van der Waals surface area contributed by atoms with E-state index in [9.17, 15) is 14.9 Å². The summed E-state index contributed by atoms with van der Waals surface area (Å²) in [5, 5.41) is 19.5. The van der Waals surface area contributed by atoms with E-state index in [1.165, 1.54) is 18.2 Å². The second-order valence-corrected chi connectivity index (χ2v) is 4.22. The molecule has 0 bridgehead atoms. The predicted octanol–water partition coefficient (Wildman–Crippen LogP) is 1.75. The van der Waals surface area contributed by atoms with Crippen molar-refractivity contribution in [3.8, 4) is 0 Å². The number of nitrogens with zero attached hydrogens (tertiary/aromatic N) is 2. The molecule has 0 heterocycles. The molecule has 0 aliphatic heterocycles. The normalized spacial score (nSPS) is 10.3. The molecule has 1 aromatic carbocycles. The van der Waals surface area contributed by atoms with Crippen LogP contribution in [0.15, 0.2) is 18.2 Å². The van der Waals surface area contributed by atoms with Gasteiger partial charge in [-0.1, -0.05) is 0 Å². The van der Waals surface area contributed by atoms with Gasteiger partial charge in [0.15, 0.2) is 0 Å². The SMILES string of the molecule is CCN(CCCO)C(=O)c1ccc([N+](=O)[O-])cc1C. The summed E-state index contributed by atoms with van der Waals surface area (Å²) in [4.78, 5) is 24.0. The number of non-ortho nitro benzene ring substituents is 1. The number of nitro benzene ring substituents is 1. The summed E-state index contributed by atoms with van der Waals surface area (Å²) in [5.41, 5.74) is 1.03. The average Bonchev–Trinajstić information content (AvgIpc) is 2.39. The van der Waals surface area contributed by atoms with E-state index in [0.717, 1.165) is 0 Å². The molecule has 0 aromatic heterocycles. The van der Waals surface area contributed by atoms with Gasteiger partial charge in [-0.25, -0.2) is 0 Å². The topological polar surface area (TPSA) is 83.7 Å². The number of carbonyl (C=O) groups is 1. The highest BCUT2D eigenvalue weighted by atomic mass is 16.6. The summed E-state index contributed by atoms with van der Waals surface area (Å²) in [6.45, 7) is 4.58. The van der Waals surface area contributed by atoms with Crippen molar-refractivity contribution in [2.75, 3.05) is 19.7 Å². The van der Waals surface area contributed by atoms with Gasteiger partial charge in [0.2, 0.25) is 0 Å². The molecule has 0 spiro atoms. The summed E-state index contributed by atoms with van der Waals surface area (Å²) >= 11 is 0. The minimum atomic E-state index is -0.482. The maximum absolute atomic E-state index is 12.3. The molecule has 6 nitrogen and oxygen atoms in total. The van der Waals surface area contributed by atoms with E-state index < -0.39 is 4.92 Å². The van der Waals surface area contributed by atoms with Crippen LogP contribution in [0.4, 0.5) is 5.69 Å². The molecule has 1 rings (SSSR count). The molecule has 0 unspecified atom stereocenters. The molecular weight excluding hydrogens is 248 g/mol. The predicted molar refractivity (Wildman–Crippen MR) is 71.1 cm³/mol. The number of aliphatic hydroxyl groups excluding tert-OH is 1. The van der Waals surface area contributed by atoms with Gasteiger partial charge in [0.1, 0.15) is 0 Å². The van der Waals surface area contributed by atoms with Crippen LogP contribution in [0.2, 0.25) is 0 Å². The van der Waals surface area contributed by atoms with Crippen molar-refractivity contribution in [2.24, 2.45) is 0 Å². The van der Waals surface area contributed by atoms with Crippen molar-refractivity contribution >= 4 is 11.6 Å². The Labute approximate surface area is 111 Å². The van der Waals surface area contributed by atoms with Gasteiger partial charge < -0.3 is 10.0 Å². The molecular formula is C13H18N2O4. The Morgan fingerprint density at radius 1 is 1.47 bits per heavy atom. The summed E-state index contributed by atoms with van der Waals surface area (Å²) in [6, 6.07) is 4.21. The number of aliphatic hydroxyl groups is 1. The minimum Gasteiger partial charge on any atom is -0.396 e. The Morgan fingerprint density at radius 2 is 2.16 bits per heavy atom. The second kappa shape index (κ2) is 6.84. The molecule has 6 heteroatoms. The fourth-order valence-corrected chi connectivity index (χ4v) is 1.84. The molecule has 0 aliphatic rings. The monoisotopic (exact) mass is 266 g/mol. The first-order valence-electron chi connectivity index (χ1n) is 6.16. The van der Waals surface area contributed by atoms with Crippen molar-refractivity contribution < 1.29 is 14.8 Å². The Bertz CT molecular complexity index is 474. The van der Waals surface area contributed by atoms with Gasteiger partial charge in [-0.05, 0) is 31.9 Å². The van der Waals surface area contributed by atoms with Crippen LogP contribution in [0.5, 0.6) is 0 Å². The lowest BCUT2D eigenvalue weighted by Crippen LogP contribution is -2.32. The third kappa shape index (κ3) is 3.75. The van der Waals surface area contributed by atoms with E-state index in [1.807, 2.05) is 6.92 Å². The van der Waals surface area contributed by atoms with Crippen LogP contribution in [-0.4, -0.2) is 40.5 Å². The summed E-state index contributed by atoms with van der Waals surface area (Å²) in [7, 11) is 0. The van der Waals surface area contributed by atoms with Crippen LogP contribution in [0.25, 0.3) is 0 Å². The number of rotatable bonds is 6. The molecule has 0 aliphatic carbocycles. The highest BCUT2D eigenvalue weighted by molar-refractivity contribution is 5.95. The zero-order valence-corrected chi connectivity index (χ0v) is 11.1. The molecule has 1 N–H and O–H groups in total. The van der Waals surface area contributed by atoms with Crippen molar-refractivity contribution in [1.82, 2.24) is 4.90 Å². The van der Waals surface area contributed by atoms with E-state index in [2.05, 4.69) is 0 Å². The van der Waals surface area contributed by atoms with E-state index in [0.29, 0.717) is 30.6 Å². The molecule has 19 heavy (non-hydrogen) atoms. The van der Waals surface area contributed by atoms with Crippen molar-refractivity contribution in [3.05, 3.63) is 39.4 Å². The van der Waals surface area contributed by atoms with Gasteiger partial charge in [0.25, 0.3) is 11.6 Å². The lowest BCUT2D eigenvalue weighted by atomic mass is 10.1. The molecule has 0 fully saturated rings. The summed E-state index contributed by atoms with van der Waals surface area (Å²) in [6.07, 6.45) is 0.519. The Morgan fingerprint density at radius 3 is 2.63 bits per heavy atom. The lowest BCUT2D eigenvalue weighted by Gasteiger charge is -2.21. The first-order chi connectivity index (χ1) is 9.01. The average molecular weight is 266 g/mol. The minimum absolute atomic E-state index is 0.0209. The smallest absolute Gasteiger partial charge is 0.269 e. The molecule has 0 saturated carbocycles. The lowest BCUT2D eigenvalue weighted by molar-refractivity contribution is -0.384. The van der Waals surface area contributed by atoms with E-state index in [1.54, 1.807) is 11.8 Å². The first kappa shape index (κ1) is 15.1. The van der Waals surface area contributed by atoms with Gasteiger partial charge in [-0.2, -0.15) is 0 Å². The number of hydrogen-bond acceptors (Lipinski definition) is 4. The molecule has 0 radical (unpaired) electrons. The highest BCUT2D eigenvalue weighted by Crippen LogP contribution is 2.18. The van der Waals surface area contributed by atoms with Gasteiger partial charge in [-0.15, -0.1) is 0 Å². The standard InChI is InChI=1S/C13H18N2O4/c1-3-14(7-4-8-16)13(17)12-6-5-11(15(18)19)9-10(12)2/h5-6,9,16H,3-4,7-8H2,1-2H3. The number of hydrogen-bond donors (Lipinski definition) is 1. The Balaban J connectivity index is 2.95. The maximum atomic E-state index is 12.3. The third-order valence-corrected chi connectivity index (χ3v) is 2.91. The zero-order chi connectivity index (χ0) is 14.4. The number of nitro groups is 1. The van der Waals surface area contributed by atoms with Crippen LogP contribution in [0.1, 0.15) is 29.3 Å². The molecule has 1 aromatic rings. The van der Waals surface area contributed by atoms with Crippen LogP contribution in [0, 0.1) is 17.0 Å². The maximum Gasteiger partial charge on any atom is 0.269 e. The fraction of sp³-hybridized carbons (Fsp3) is 0.462. The zero-order valence-electron chi connectivity index (χ0n) is 11.1. The second-order valence-electron chi connectivity index (χ2n) is 4.22. The number of benzene rings is 1. The van der Waals surface area contributed by atoms with Crippen LogP contribution < -0.4 is 0 Å². The molecule has 0 atom stereocenters. The van der Waals surface area contributed by atoms with E-state index in [4.69, 9.17) is 5.11 Å². The third-order valence-electron chi connectivity index (χ3n) is 2.91. The van der Waals surface area contributed by atoms with Gasteiger partial charge in [0, 0.05) is 37.4 Å². The molecule has 1 amide bonds. The Kier molecular flexibility index (Phi) is 5.44. The Hall–Kier alpha value is -1.95. The van der Waals surface area contributed by atoms with E-state index in [-0.39, 0.29) is 18.2 Å². The number of carbonyl (C=O) groups excluding carboxylic acids is 1. The van der Waals surface area contributed by atoms with Gasteiger partial charge >= 0.3 is 0 Å². The fourth-order valence-electron chi connectivity index (χ4n) is 1.84. The first-order valence-corrected chi connectivity index (χ1v) is 6.16. The quantitative estimate of drug-likeness (QED) is 0.628. The van der Waals surface area contributed by atoms with E-state index >= 15 is 0 Å². The number of aryl methyl sites for hydroxylation is 1. The van der Waals surface area contributed by atoms with Gasteiger partial charge in [-0.3, -0.25) is 14.9 Å².